The van der Waals surface area contributed by atoms with Gasteiger partial charge in [-0.25, -0.2) is 0 Å². The Morgan fingerprint density at radius 1 is 1.20 bits per heavy atom. The van der Waals surface area contributed by atoms with Gasteiger partial charge in [0.05, 0.1) is 20.8 Å². The van der Waals surface area contributed by atoms with Crippen molar-refractivity contribution in [3.05, 3.63) is 24.1 Å². The normalized spacial score (nSPS) is 11.3. The van der Waals surface area contributed by atoms with E-state index in [-0.39, 0.29) is 17.9 Å². The molecule has 0 bridgehead atoms. The van der Waals surface area contributed by atoms with Crippen molar-refractivity contribution in [3.8, 4) is 22.9 Å². The molecule has 7 nitrogen and oxygen atoms in total. The van der Waals surface area contributed by atoms with Crippen LogP contribution in [0.15, 0.2) is 22.7 Å². The van der Waals surface area contributed by atoms with Crippen LogP contribution in [-0.2, 0) is 11.3 Å². The first-order valence-electron chi connectivity index (χ1n) is 8.02. The molecule has 0 aliphatic carbocycles. The van der Waals surface area contributed by atoms with E-state index in [1.165, 1.54) is 0 Å². The molecule has 0 N–H and O–H groups in total. The summed E-state index contributed by atoms with van der Waals surface area (Å²) in [5.74, 6) is 2.08. The molecule has 1 amide bonds. The standard InChI is InChI=1S/C18H25N3O4/c1-18(2,3)10-16(22)21(4)11-15-19-17(20-25-15)12-7-8-13(23-5)14(9-12)24-6/h7-9H,10-11H2,1-6H3. The molecule has 0 unspecified atom stereocenters. The summed E-state index contributed by atoms with van der Waals surface area (Å²) in [5, 5.41) is 3.98. The number of carbonyl (C=O) groups excluding carboxylic acids is 1. The third-order valence-electron chi connectivity index (χ3n) is 3.59. The number of rotatable bonds is 6. The summed E-state index contributed by atoms with van der Waals surface area (Å²) >= 11 is 0. The van der Waals surface area contributed by atoms with Gasteiger partial charge >= 0.3 is 0 Å². The molecule has 0 aliphatic rings. The van der Waals surface area contributed by atoms with Crippen LogP contribution in [0.5, 0.6) is 11.5 Å². The van der Waals surface area contributed by atoms with Crippen molar-refractivity contribution in [1.82, 2.24) is 15.0 Å². The zero-order valence-corrected chi connectivity index (χ0v) is 15.6. The molecular weight excluding hydrogens is 322 g/mol. The number of ether oxygens (including phenoxy) is 2. The molecule has 2 aromatic rings. The zero-order chi connectivity index (χ0) is 18.6. The van der Waals surface area contributed by atoms with Crippen molar-refractivity contribution in [3.63, 3.8) is 0 Å². The van der Waals surface area contributed by atoms with E-state index < -0.39 is 0 Å². The highest BCUT2D eigenvalue weighted by Crippen LogP contribution is 2.31. The van der Waals surface area contributed by atoms with Gasteiger partial charge in [-0.1, -0.05) is 25.9 Å². The average molecular weight is 347 g/mol. The SMILES string of the molecule is COc1ccc(-c2noc(CN(C)C(=O)CC(C)(C)C)n2)cc1OC. The predicted octanol–water partition coefficient (Wildman–Crippen LogP) is 3.15. The summed E-state index contributed by atoms with van der Waals surface area (Å²) in [4.78, 5) is 18.2. The van der Waals surface area contributed by atoms with Crippen molar-refractivity contribution in [2.75, 3.05) is 21.3 Å². The number of carbonyl (C=O) groups is 1. The van der Waals surface area contributed by atoms with Crippen LogP contribution in [0.25, 0.3) is 11.4 Å². The molecule has 136 valence electrons. The van der Waals surface area contributed by atoms with Crippen LogP contribution in [0.2, 0.25) is 0 Å². The molecule has 0 saturated carbocycles. The first kappa shape index (κ1) is 18.8. The van der Waals surface area contributed by atoms with Crippen molar-refractivity contribution in [1.29, 1.82) is 0 Å². The van der Waals surface area contributed by atoms with Gasteiger partial charge in [-0.05, 0) is 23.6 Å². The summed E-state index contributed by atoms with van der Waals surface area (Å²) in [5.41, 5.74) is 0.682. The average Bonchev–Trinajstić information content (AvgIpc) is 3.01. The van der Waals surface area contributed by atoms with Gasteiger partial charge in [-0.15, -0.1) is 0 Å². The van der Waals surface area contributed by atoms with E-state index in [0.717, 1.165) is 5.56 Å². The van der Waals surface area contributed by atoms with Crippen molar-refractivity contribution in [2.24, 2.45) is 5.41 Å². The van der Waals surface area contributed by atoms with Crippen LogP contribution in [0.1, 0.15) is 33.1 Å². The summed E-state index contributed by atoms with van der Waals surface area (Å²) in [6.07, 6.45) is 0.459. The van der Waals surface area contributed by atoms with Gasteiger partial charge in [0.25, 0.3) is 0 Å². The molecule has 0 aliphatic heterocycles. The number of aromatic nitrogens is 2. The van der Waals surface area contributed by atoms with E-state index in [0.29, 0.717) is 29.6 Å². The number of nitrogens with zero attached hydrogens (tertiary/aromatic N) is 3. The fourth-order valence-corrected chi connectivity index (χ4v) is 2.29. The van der Waals surface area contributed by atoms with E-state index in [4.69, 9.17) is 14.0 Å². The molecule has 0 saturated heterocycles. The zero-order valence-electron chi connectivity index (χ0n) is 15.6. The smallest absolute Gasteiger partial charge is 0.246 e. The maximum atomic E-state index is 12.2. The van der Waals surface area contributed by atoms with Gasteiger partial charge in [0.1, 0.15) is 0 Å². The molecule has 1 heterocycles. The summed E-state index contributed by atoms with van der Waals surface area (Å²) in [6.45, 7) is 6.36. The molecule has 2 rings (SSSR count). The summed E-state index contributed by atoms with van der Waals surface area (Å²) in [6, 6.07) is 5.38. The maximum absolute atomic E-state index is 12.2. The quantitative estimate of drug-likeness (QED) is 0.799. The lowest BCUT2D eigenvalue weighted by molar-refractivity contribution is -0.132. The first-order chi connectivity index (χ1) is 11.7. The van der Waals surface area contributed by atoms with Crippen LogP contribution in [0.4, 0.5) is 0 Å². The molecule has 25 heavy (non-hydrogen) atoms. The van der Waals surface area contributed by atoms with Gasteiger partial charge in [0, 0.05) is 19.0 Å². The Balaban J connectivity index is 2.11. The molecule has 0 spiro atoms. The van der Waals surface area contributed by atoms with Gasteiger partial charge in [0.15, 0.2) is 11.5 Å². The maximum Gasteiger partial charge on any atom is 0.246 e. The Hall–Kier alpha value is -2.57. The largest absolute Gasteiger partial charge is 0.493 e. The molecule has 0 fully saturated rings. The van der Waals surface area contributed by atoms with Crippen LogP contribution in [-0.4, -0.2) is 42.2 Å². The first-order valence-corrected chi connectivity index (χ1v) is 8.02. The number of amides is 1. The summed E-state index contributed by atoms with van der Waals surface area (Å²) in [7, 11) is 4.88. The number of benzene rings is 1. The van der Waals surface area contributed by atoms with Gasteiger partial charge in [0.2, 0.25) is 17.6 Å². The Morgan fingerprint density at radius 2 is 1.88 bits per heavy atom. The highest BCUT2D eigenvalue weighted by molar-refractivity contribution is 5.76. The van der Waals surface area contributed by atoms with Crippen LogP contribution in [0, 0.1) is 5.41 Å². The van der Waals surface area contributed by atoms with Gasteiger partial charge in [-0.2, -0.15) is 4.98 Å². The third-order valence-corrected chi connectivity index (χ3v) is 3.59. The summed E-state index contributed by atoms with van der Waals surface area (Å²) < 4.78 is 15.8. The second kappa shape index (κ2) is 7.55. The topological polar surface area (TPSA) is 77.7 Å². The lowest BCUT2D eigenvalue weighted by atomic mass is 9.92. The Kier molecular flexibility index (Phi) is 5.66. The molecule has 0 radical (unpaired) electrons. The van der Waals surface area contributed by atoms with Crippen molar-refractivity contribution >= 4 is 5.91 Å². The van der Waals surface area contributed by atoms with E-state index in [2.05, 4.69) is 10.1 Å². The van der Waals surface area contributed by atoms with E-state index >= 15 is 0 Å². The molecule has 1 aromatic heterocycles. The van der Waals surface area contributed by atoms with Gasteiger partial charge in [-0.3, -0.25) is 4.79 Å². The fraction of sp³-hybridized carbons (Fsp3) is 0.500. The highest BCUT2D eigenvalue weighted by atomic mass is 16.5. The minimum absolute atomic E-state index is 0.0402. The number of hydrogen-bond donors (Lipinski definition) is 0. The second-order valence-electron chi connectivity index (χ2n) is 7.07. The number of methoxy groups -OCH3 is 2. The van der Waals surface area contributed by atoms with E-state index in [9.17, 15) is 4.79 Å². The minimum Gasteiger partial charge on any atom is -0.493 e. The van der Waals surface area contributed by atoms with Crippen LogP contribution in [0.3, 0.4) is 0 Å². The lowest BCUT2D eigenvalue weighted by Gasteiger charge is -2.22. The number of hydrogen-bond acceptors (Lipinski definition) is 6. The van der Waals surface area contributed by atoms with E-state index in [1.54, 1.807) is 38.3 Å². The monoisotopic (exact) mass is 347 g/mol. The highest BCUT2D eigenvalue weighted by Gasteiger charge is 2.21. The van der Waals surface area contributed by atoms with E-state index in [1.807, 2.05) is 26.8 Å². The minimum atomic E-state index is -0.0645. The second-order valence-corrected chi connectivity index (χ2v) is 7.07. The van der Waals surface area contributed by atoms with Crippen molar-refractivity contribution < 1.29 is 18.8 Å². The Bertz CT molecular complexity index is 734. The Labute approximate surface area is 147 Å². The van der Waals surface area contributed by atoms with Crippen LogP contribution >= 0.6 is 0 Å². The molecule has 0 atom stereocenters. The lowest BCUT2D eigenvalue weighted by Crippen LogP contribution is -2.29. The molecular formula is C18H25N3O4. The van der Waals surface area contributed by atoms with Gasteiger partial charge < -0.3 is 18.9 Å². The molecule has 7 heteroatoms. The fourth-order valence-electron chi connectivity index (χ4n) is 2.29. The Morgan fingerprint density at radius 3 is 2.48 bits per heavy atom. The predicted molar refractivity (Wildman–Crippen MR) is 93.4 cm³/mol. The van der Waals surface area contributed by atoms with Crippen molar-refractivity contribution in [2.45, 2.75) is 33.7 Å². The molecule has 1 aromatic carbocycles. The third kappa shape index (κ3) is 4.95. The van der Waals surface area contributed by atoms with Crippen LogP contribution < -0.4 is 9.47 Å².